The summed E-state index contributed by atoms with van der Waals surface area (Å²) in [4.78, 5) is 0. The molecule has 1 aromatic heterocycles. The minimum atomic E-state index is 0.938. The van der Waals surface area contributed by atoms with Crippen molar-refractivity contribution in [2.75, 3.05) is 11.9 Å². The number of aromatic nitrogens is 2. The molecule has 0 aliphatic rings. The van der Waals surface area contributed by atoms with E-state index in [9.17, 15) is 0 Å². The maximum Gasteiger partial charge on any atom is 0.0682 e. The lowest BCUT2D eigenvalue weighted by molar-refractivity contribution is 0.610. The fraction of sp³-hybridized carbons (Fsp3) is 0.188. The van der Waals surface area contributed by atoms with Crippen LogP contribution in [-0.4, -0.2) is 16.3 Å². The maximum absolute atomic E-state index is 4.43. The average Bonchev–Trinajstić information content (AvgIpc) is 2.88. The van der Waals surface area contributed by atoms with E-state index >= 15 is 0 Å². The van der Waals surface area contributed by atoms with Gasteiger partial charge in [-0.3, -0.25) is 4.68 Å². The zero-order valence-corrected chi connectivity index (χ0v) is 10.8. The molecule has 1 N–H and O–H groups in total. The van der Waals surface area contributed by atoms with Gasteiger partial charge in [0.25, 0.3) is 0 Å². The summed E-state index contributed by atoms with van der Waals surface area (Å²) in [5.74, 6) is 0. The van der Waals surface area contributed by atoms with Gasteiger partial charge in [-0.25, -0.2) is 0 Å². The van der Waals surface area contributed by atoms with Gasteiger partial charge in [0.15, 0.2) is 0 Å². The molecule has 3 heteroatoms. The second-order valence-corrected chi connectivity index (χ2v) is 4.57. The lowest BCUT2D eigenvalue weighted by Gasteiger charge is -2.07. The largest absolute Gasteiger partial charge is 0.385 e. The zero-order chi connectivity index (χ0) is 12.9. The van der Waals surface area contributed by atoms with Gasteiger partial charge in [0.2, 0.25) is 0 Å². The van der Waals surface area contributed by atoms with Crippen LogP contribution in [0.2, 0.25) is 0 Å². The molecule has 0 amide bonds. The molecule has 96 valence electrons. The minimum absolute atomic E-state index is 0.938. The molecule has 3 nitrogen and oxygen atoms in total. The van der Waals surface area contributed by atoms with Crippen molar-refractivity contribution in [3.63, 3.8) is 0 Å². The van der Waals surface area contributed by atoms with Crippen LogP contribution in [0.3, 0.4) is 0 Å². The molecule has 0 saturated heterocycles. The SMILES string of the molecule is c1ccc(NCCCn2ncc3ccccc32)cc1. The van der Waals surface area contributed by atoms with Crippen LogP contribution in [0.1, 0.15) is 6.42 Å². The molecule has 0 fully saturated rings. The van der Waals surface area contributed by atoms with Crippen molar-refractivity contribution < 1.29 is 0 Å². The molecule has 0 radical (unpaired) electrons. The van der Waals surface area contributed by atoms with Crippen LogP contribution in [0.25, 0.3) is 10.9 Å². The number of anilines is 1. The molecule has 3 aromatic rings. The molecule has 19 heavy (non-hydrogen) atoms. The van der Waals surface area contributed by atoms with E-state index in [0.29, 0.717) is 0 Å². The van der Waals surface area contributed by atoms with E-state index in [4.69, 9.17) is 0 Å². The summed E-state index contributed by atoms with van der Waals surface area (Å²) < 4.78 is 2.07. The summed E-state index contributed by atoms with van der Waals surface area (Å²) in [7, 11) is 0. The first-order valence-corrected chi connectivity index (χ1v) is 6.63. The maximum atomic E-state index is 4.43. The second-order valence-electron chi connectivity index (χ2n) is 4.57. The standard InChI is InChI=1S/C16H17N3/c1-2-8-15(9-3-1)17-11-6-12-19-16-10-5-4-7-14(16)13-18-19/h1-5,7-10,13,17H,6,11-12H2. The highest BCUT2D eigenvalue weighted by atomic mass is 15.3. The van der Waals surface area contributed by atoms with Gasteiger partial charge in [-0.15, -0.1) is 0 Å². The number of para-hydroxylation sites is 2. The van der Waals surface area contributed by atoms with E-state index in [1.54, 1.807) is 0 Å². The molecule has 0 aliphatic heterocycles. The fourth-order valence-electron chi connectivity index (χ4n) is 2.22. The molecule has 3 rings (SSSR count). The molecule has 0 bridgehead atoms. The van der Waals surface area contributed by atoms with Gasteiger partial charge in [-0.05, 0) is 24.6 Å². The number of hydrogen-bond acceptors (Lipinski definition) is 2. The lowest BCUT2D eigenvalue weighted by Crippen LogP contribution is -2.07. The molecule has 0 saturated carbocycles. The number of rotatable bonds is 5. The van der Waals surface area contributed by atoms with E-state index in [2.05, 4.69) is 45.4 Å². The Hall–Kier alpha value is -2.29. The van der Waals surface area contributed by atoms with Crippen LogP contribution >= 0.6 is 0 Å². The number of nitrogens with one attached hydrogen (secondary N) is 1. The Morgan fingerprint density at radius 2 is 1.74 bits per heavy atom. The normalized spacial score (nSPS) is 10.7. The minimum Gasteiger partial charge on any atom is -0.385 e. The third kappa shape index (κ3) is 2.76. The zero-order valence-electron chi connectivity index (χ0n) is 10.8. The van der Waals surface area contributed by atoms with Crippen LogP contribution in [0.5, 0.6) is 0 Å². The van der Waals surface area contributed by atoms with Gasteiger partial charge in [-0.1, -0.05) is 36.4 Å². The summed E-state index contributed by atoms with van der Waals surface area (Å²) in [6, 6.07) is 18.6. The Kier molecular flexibility index (Phi) is 3.45. The number of aryl methyl sites for hydroxylation is 1. The topological polar surface area (TPSA) is 29.9 Å². The molecule has 0 atom stereocenters. The van der Waals surface area contributed by atoms with Gasteiger partial charge in [-0.2, -0.15) is 5.10 Å². The van der Waals surface area contributed by atoms with Gasteiger partial charge < -0.3 is 5.32 Å². The Morgan fingerprint density at radius 1 is 0.947 bits per heavy atom. The summed E-state index contributed by atoms with van der Waals surface area (Å²) >= 11 is 0. The second kappa shape index (κ2) is 5.57. The summed E-state index contributed by atoms with van der Waals surface area (Å²) in [5.41, 5.74) is 2.38. The Balaban J connectivity index is 1.55. The van der Waals surface area contributed by atoms with E-state index in [-0.39, 0.29) is 0 Å². The van der Waals surface area contributed by atoms with Crippen molar-refractivity contribution >= 4 is 16.6 Å². The van der Waals surface area contributed by atoms with Crippen molar-refractivity contribution in [3.8, 4) is 0 Å². The van der Waals surface area contributed by atoms with Crippen LogP contribution in [0.15, 0.2) is 60.8 Å². The highest BCUT2D eigenvalue weighted by Gasteiger charge is 2.00. The van der Waals surface area contributed by atoms with Crippen LogP contribution < -0.4 is 5.32 Å². The van der Waals surface area contributed by atoms with E-state index < -0.39 is 0 Å². The monoisotopic (exact) mass is 251 g/mol. The molecule has 1 heterocycles. The Bertz CT molecular complexity index is 643. The molecule has 2 aromatic carbocycles. The van der Waals surface area contributed by atoms with E-state index in [1.807, 2.05) is 30.5 Å². The highest BCUT2D eigenvalue weighted by molar-refractivity contribution is 5.78. The van der Waals surface area contributed by atoms with Crippen molar-refractivity contribution in [2.45, 2.75) is 13.0 Å². The number of hydrogen-bond donors (Lipinski definition) is 1. The summed E-state index contributed by atoms with van der Waals surface area (Å²) in [5, 5.41) is 9.05. The fourth-order valence-corrected chi connectivity index (χ4v) is 2.22. The lowest BCUT2D eigenvalue weighted by atomic mass is 10.2. The first kappa shape index (κ1) is 11.8. The Labute approximate surface area is 112 Å². The van der Waals surface area contributed by atoms with Crippen molar-refractivity contribution in [1.29, 1.82) is 0 Å². The van der Waals surface area contributed by atoms with Crippen LogP contribution in [0.4, 0.5) is 5.69 Å². The van der Waals surface area contributed by atoms with Crippen LogP contribution in [0, 0.1) is 0 Å². The molecule has 0 unspecified atom stereocenters. The number of nitrogens with zero attached hydrogens (tertiary/aromatic N) is 2. The van der Waals surface area contributed by atoms with Gasteiger partial charge in [0.1, 0.15) is 0 Å². The number of benzene rings is 2. The van der Waals surface area contributed by atoms with Crippen molar-refractivity contribution in [1.82, 2.24) is 9.78 Å². The number of fused-ring (bicyclic) bond motifs is 1. The molecule has 0 spiro atoms. The first-order valence-electron chi connectivity index (χ1n) is 6.63. The highest BCUT2D eigenvalue weighted by Crippen LogP contribution is 2.13. The van der Waals surface area contributed by atoms with Gasteiger partial charge in [0, 0.05) is 24.2 Å². The summed E-state index contributed by atoms with van der Waals surface area (Å²) in [6.45, 7) is 1.89. The van der Waals surface area contributed by atoms with Crippen molar-refractivity contribution in [2.24, 2.45) is 0 Å². The quantitative estimate of drug-likeness (QED) is 0.703. The molecule has 0 aliphatic carbocycles. The first-order chi connectivity index (χ1) is 9.43. The predicted molar refractivity (Wildman–Crippen MR) is 79.3 cm³/mol. The predicted octanol–water partition coefficient (Wildman–Crippen LogP) is 3.54. The average molecular weight is 251 g/mol. The van der Waals surface area contributed by atoms with E-state index in [0.717, 1.165) is 19.5 Å². The molecular formula is C16H17N3. The third-order valence-electron chi connectivity index (χ3n) is 3.20. The van der Waals surface area contributed by atoms with Crippen molar-refractivity contribution in [3.05, 3.63) is 60.8 Å². The molecular weight excluding hydrogens is 234 g/mol. The van der Waals surface area contributed by atoms with E-state index in [1.165, 1.54) is 16.6 Å². The van der Waals surface area contributed by atoms with Crippen LogP contribution in [-0.2, 0) is 6.54 Å². The Morgan fingerprint density at radius 3 is 2.63 bits per heavy atom. The summed E-state index contributed by atoms with van der Waals surface area (Å²) in [6.07, 6.45) is 2.99. The third-order valence-corrected chi connectivity index (χ3v) is 3.20. The van der Waals surface area contributed by atoms with Gasteiger partial charge in [0.05, 0.1) is 11.7 Å². The smallest absolute Gasteiger partial charge is 0.0682 e. The van der Waals surface area contributed by atoms with Gasteiger partial charge >= 0.3 is 0 Å².